The Balaban J connectivity index is 2.00. The van der Waals surface area contributed by atoms with Gasteiger partial charge in [0.15, 0.2) is 11.5 Å². The van der Waals surface area contributed by atoms with Gasteiger partial charge in [-0.25, -0.2) is 8.78 Å². The first-order valence-corrected chi connectivity index (χ1v) is 10.2. The molecule has 1 amide bonds. The third-order valence-corrected chi connectivity index (χ3v) is 5.00. The first-order valence-electron chi connectivity index (χ1n) is 10.2. The van der Waals surface area contributed by atoms with Crippen LogP contribution in [0.15, 0.2) is 24.3 Å². The molecule has 6 nitrogen and oxygen atoms in total. The molecule has 1 aromatic carbocycles. The minimum atomic E-state index is -0.734. The molecule has 0 atom stereocenters. The van der Waals surface area contributed by atoms with Gasteiger partial charge in [0.1, 0.15) is 11.6 Å². The number of aryl methyl sites for hydroxylation is 2. The number of aromatic nitrogens is 4. The van der Waals surface area contributed by atoms with Crippen molar-refractivity contribution in [2.24, 2.45) is 5.92 Å². The van der Waals surface area contributed by atoms with Crippen LogP contribution in [0.4, 0.5) is 8.78 Å². The normalized spacial score (nSPS) is 11.4. The molecule has 2 aromatic heterocycles. The van der Waals surface area contributed by atoms with E-state index in [-0.39, 0.29) is 12.1 Å². The summed E-state index contributed by atoms with van der Waals surface area (Å²) in [5, 5.41) is 12.8. The van der Waals surface area contributed by atoms with E-state index in [1.165, 1.54) is 0 Å². The molecule has 8 heteroatoms. The Morgan fingerprint density at radius 2 is 1.97 bits per heavy atom. The lowest BCUT2D eigenvalue weighted by atomic mass is 10.1. The largest absolute Gasteiger partial charge is 0.333 e. The second kappa shape index (κ2) is 9.28. The highest BCUT2D eigenvalue weighted by atomic mass is 19.1. The number of halogens is 2. The average Bonchev–Trinajstić information content (AvgIpc) is 3.06. The van der Waals surface area contributed by atoms with E-state index in [1.807, 2.05) is 6.07 Å². The van der Waals surface area contributed by atoms with Gasteiger partial charge < -0.3 is 4.90 Å². The lowest BCUT2D eigenvalue weighted by molar-refractivity contribution is 0.0727. The Labute approximate surface area is 174 Å². The van der Waals surface area contributed by atoms with E-state index in [2.05, 4.69) is 36.1 Å². The molecule has 0 aliphatic rings. The maximum atomic E-state index is 14.3. The molecule has 0 fully saturated rings. The fourth-order valence-electron chi connectivity index (χ4n) is 3.31. The van der Waals surface area contributed by atoms with Gasteiger partial charge >= 0.3 is 0 Å². The van der Waals surface area contributed by atoms with E-state index in [0.717, 1.165) is 43.0 Å². The fourth-order valence-corrected chi connectivity index (χ4v) is 3.31. The summed E-state index contributed by atoms with van der Waals surface area (Å²) >= 11 is 0. The second-order valence-corrected chi connectivity index (χ2v) is 7.92. The van der Waals surface area contributed by atoms with Crippen molar-refractivity contribution in [2.75, 3.05) is 6.54 Å². The van der Waals surface area contributed by atoms with Gasteiger partial charge in [0, 0.05) is 6.54 Å². The number of carbonyl (C=O) groups is 1. The Morgan fingerprint density at radius 3 is 2.67 bits per heavy atom. The number of carbonyl (C=O) groups excluding carboxylic acids is 1. The third-order valence-electron chi connectivity index (χ3n) is 5.00. The SMILES string of the molecule is CCCc1cc2nnc(C)n2nc1CN(CCC(C)C)C(=O)c1cc(F)ccc1F. The van der Waals surface area contributed by atoms with Gasteiger partial charge in [0.25, 0.3) is 5.91 Å². The summed E-state index contributed by atoms with van der Waals surface area (Å²) in [6, 6.07) is 4.87. The summed E-state index contributed by atoms with van der Waals surface area (Å²) in [6.07, 6.45) is 2.40. The van der Waals surface area contributed by atoms with Crippen LogP contribution in [-0.4, -0.2) is 37.2 Å². The molecule has 2 heterocycles. The van der Waals surface area contributed by atoms with Gasteiger partial charge in [-0.3, -0.25) is 4.79 Å². The van der Waals surface area contributed by atoms with Crippen LogP contribution in [0, 0.1) is 24.5 Å². The van der Waals surface area contributed by atoms with E-state index in [0.29, 0.717) is 29.6 Å². The van der Waals surface area contributed by atoms with Gasteiger partial charge in [-0.15, -0.1) is 10.2 Å². The van der Waals surface area contributed by atoms with Crippen LogP contribution in [-0.2, 0) is 13.0 Å². The average molecular weight is 415 g/mol. The number of amides is 1. The van der Waals surface area contributed by atoms with Crippen molar-refractivity contribution in [1.29, 1.82) is 0 Å². The zero-order valence-corrected chi connectivity index (χ0v) is 17.8. The van der Waals surface area contributed by atoms with Crippen LogP contribution in [0.3, 0.4) is 0 Å². The number of fused-ring (bicyclic) bond motifs is 1. The van der Waals surface area contributed by atoms with Crippen LogP contribution >= 0.6 is 0 Å². The molecule has 0 aliphatic carbocycles. The van der Waals surface area contributed by atoms with Crippen molar-refractivity contribution in [2.45, 2.75) is 53.5 Å². The maximum absolute atomic E-state index is 14.3. The van der Waals surface area contributed by atoms with Crippen molar-refractivity contribution in [3.8, 4) is 0 Å². The van der Waals surface area contributed by atoms with E-state index >= 15 is 0 Å². The minimum absolute atomic E-state index is 0.199. The Hall–Kier alpha value is -2.90. The van der Waals surface area contributed by atoms with Gasteiger partial charge in [0.05, 0.1) is 17.8 Å². The molecular weight excluding hydrogens is 388 g/mol. The van der Waals surface area contributed by atoms with Crippen LogP contribution in [0.5, 0.6) is 0 Å². The van der Waals surface area contributed by atoms with Gasteiger partial charge in [0.2, 0.25) is 0 Å². The van der Waals surface area contributed by atoms with E-state index in [9.17, 15) is 13.6 Å². The van der Waals surface area contributed by atoms with Crippen molar-refractivity contribution >= 4 is 11.6 Å². The first-order chi connectivity index (χ1) is 14.3. The van der Waals surface area contributed by atoms with E-state index in [4.69, 9.17) is 0 Å². The molecule has 0 saturated carbocycles. The van der Waals surface area contributed by atoms with Crippen LogP contribution < -0.4 is 0 Å². The molecule has 0 saturated heterocycles. The molecule has 0 N–H and O–H groups in total. The number of rotatable bonds is 8. The lowest BCUT2D eigenvalue weighted by Crippen LogP contribution is -2.34. The third kappa shape index (κ3) is 4.80. The van der Waals surface area contributed by atoms with Gasteiger partial charge in [-0.05, 0) is 55.5 Å². The number of hydrogen-bond donors (Lipinski definition) is 0. The van der Waals surface area contributed by atoms with Crippen molar-refractivity contribution in [3.05, 3.63) is 58.5 Å². The predicted octanol–water partition coefficient (Wildman–Crippen LogP) is 4.35. The molecule has 30 heavy (non-hydrogen) atoms. The highest BCUT2D eigenvalue weighted by Gasteiger charge is 2.23. The highest BCUT2D eigenvalue weighted by molar-refractivity contribution is 5.94. The number of benzene rings is 1. The maximum Gasteiger partial charge on any atom is 0.257 e. The summed E-state index contributed by atoms with van der Waals surface area (Å²) < 4.78 is 29.6. The molecule has 3 aromatic rings. The van der Waals surface area contributed by atoms with Crippen molar-refractivity contribution in [3.63, 3.8) is 0 Å². The van der Waals surface area contributed by atoms with Crippen LogP contribution in [0.1, 0.15) is 61.1 Å². The zero-order chi connectivity index (χ0) is 21.8. The molecule has 0 aliphatic heterocycles. The molecule has 0 bridgehead atoms. The van der Waals surface area contributed by atoms with Crippen molar-refractivity contribution < 1.29 is 13.6 Å². The predicted molar refractivity (Wildman–Crippen MR) is 110 cm³/mol. The van der Waals surface area contributed by atoms with E-state index in [1.54, 1.807) is 16.3 Å². The van der Waals surface area contributed by atoms with Gasteiger partial charge in [-0.1, -0.05) is 27.2 Å². The van der Waals surface area contributed by atoms with E-state index < -0.39 is 17.5 Å². The standard InChI is InChI=1S/C22H27F2N5O/c1-5-6-16-11-21-26-25-15(4)29(21)27-20(16)13-28(10-9-14(2)3)22(30)18-12-17(23)7-8-19(18)24/h7-8,11-12,14H,5-6,9-10,13H2,1-4H3. The molecule has 3 rings (SSSR count). The first kappa shape index (κ1) is 21.8. The summed E-state index contributed by atoms with van der Waals surface area (Å²) in [5.74, 6) is -0.927. The highest BCUT2D eigenvalue weighted by Crippen LogP contribution is 2.19. The molecular formula is C22H27F2N5O. The summed E-state index contributed by atoms with van der Waals surface area (Å²) in [7, 11) is 0. The Morgan fingerprint density at radius 1 is 1.20 bits per heavy atom. The van der Waals surface area contributed by atoms with Crippen molar-refractivity contribution in [1.82, 2.24) is 24.7 Å². The smallest absolute Gasteiger partial charge is 0.257 e. The quantitative estimate of drug-likeness (QED) is 0.549. The summed E-state index contributed by atoms with van der Waals surface area (Å²) in [4.78, 5) is 14.7. The topological polar surface area (TPSA) is 63.4 Å². The molecule has 160 valence electrons. The summed E-state index contributed by atoms with van der Waals surface area (Å²) in [5.41, 5.74) is 2.06. The van der Waals surface area contributed by atoms with Gasteiger partial charge in [-0.2, -0.15) is 9.61 Å². The monoisotopic (exact) mass is 415 g/mol. The van der Waals surface area contributed by atoms with Crippen LogP contribution in [0.2, 0.25) is 0 Å². The summed E-state index contributed by atoms with van der Waals surface area (Å²) in [6.45, 7) is 8.59. The number of hydrogen-bond acceptors (Lipinski definition) is 4. The number of nitrogens with zero attached hydrogens (tertiary/aromatic N) is 5. The fraction of sp³-hybridized carbons (Fsp3) is 0.455. The van der Waals surface area contributed by atoms with Crippen LogP contribution in [0.25, 0.3) is 5.65 Å². The Kier molecular flexibility index (Phi) is 6.74. The molecule has 0 radical (unpaired) electrons. The molecule has 0 unspecified atom stereocenters. The Bertz CT molecular complexity index is 1050. The minimum Gasteiger partial charge on any atom is -0.333 e. The molecule has 0 spiro atoms. The lowest BCUT2D eigenvalue weighted by Gasteiger charge is -2.25. The zero-order valence-electron chi connectivity index (χ0n) is 17.8. The second-order valence-electron chi connectivity index (χ2n) is 7.92.